The molecule has 1 aliphatic carbocycles. The van der Waals surface area contributed by atoms with Crippen molar-refractivity contribution < 1.29 is 4.79 Å². The largest absolute Gasteiger partial charge is 0.322 e. The van der Waals surface area contributed by atoms with Crippen LogP contribution in [-0.4, -0.2) is 36.6 Å². The summed E-state index contributed by atoms with van der Waals surface area (Å²) in [5, 5.41) is 20.2. The van der Waals surface area contributed by atoms with Gasteiger partial charge in [0.25, 0.3) is 0 Å². The molecule has 2 N–H and O–H groups in total. The van der Waals surface area contributed by atoms with E-state index in [1.54, 1.807) is 0 Å². The van der Waals surface area contributed by atoms with Gasteiger partial charge in [0, 0.05) is 11.6 Å². The standard InChI is InChI=1S/C20H23ClN6OS/c1-12-18(13(2)24-23-12)22-17(28)11-29-20-26-25-19(15-9-5-6-10-16(15)21)27(20)14-7-3-4-8-14/h5-6,9-10,14H,3-4,7-8,11H2,1-2H3,(H,22,28)(H,23,24). The molecule has 0 spiro atoms. The number of aromatic nitrogens is 5. The number of anilines is 1. The van der Waals surface area contributed by atoms with E-state index in [-0.39, 0.29) is 11.7 Å². The fraction of sp³-hybridized carbons (Fsp3) is 0.400. The number of benzene rings is 1. The van der Waals surface area contributed by atoms with Crippen molar-refractivity contribution >= 4 is 35.0 Å². The molecule has 29 heavy (non-hydrogen) atoms. The highest BCUT2D eigenvalue weighted by molar-refractivity contribution is 7.99. The number of carbonyl (C=O) groups is 1. The first-order valence-corrected chi connectivity index (χ1v) is 11.0. The zero-order chi connectivity index (χ0) is 20.4. The SMILES string of the molecule is Cc1n[nH]c(C)c1NC(=O)CSc1nnc(-c2ccccc2Cl)n1C1CCCC1. The number of carbonyl (C=O) groups excluding carboxylic acids is 1. The predicted octanol–water partition coefficient (Wildman–Crippen LogP) is 4.78. The van der Waals surface area contributed by atoms with Gasteiger partial charge < -0.3 is 5.32 Å². The number of nitrogens with one attached hydrogen (secondary N) is 2. The number of aryl methyl sites for hydroxylation is 2. The minimum Gasteiger partial charge on any atom is -0.322 e. The number of rotatable bonds is 6. The van der Waals surface area contributed by atoms with Crippen molar-refractivity contribution in [3.63, 3.8) is 0 Å². The molecule has 0 saturated heterocycles. The predicted molar refractivity (Wildman–Crippen MR) is 115 cm³/mol. The first-order valence-electron chi connectivity index (χ1n) is 9.68. The quantitative estimate of drug-likeness (QED) is 0.549. The van der Waals surface area contributed by atoms with E-state index in [4.69, 9.17) is 11.6 Å². The third-order valence-electron chi connectivity index (χ3n) is 5.19. The van der Waals surface area contributed by atoms with Crippen molar-refractivity contribution in [1.29, 1.82) is 0 Å². The van der Waals surface area contributed by atoms with Gasteiger partial charge in [-0.1, -0.05) is 48.3 Å². The second-order valence-electron chi connectivity index (χ2n) is 7.24. The summed E-state index contributed by atoms with van der Waals surface area (Å²) >= 11 is 7.82. The lowest BCUT2D eigenvalue weighted by atomic mass is 10.2. The summed E-state index contributed by atoms with van der Waals surface area (Å²) in [5.74, 6) is 0.923. The average Bonchev–Trinajstić information content (AvgIpc) is 3.43. The molecule has 0 radical (unpaired) electrons. The van der Waals surface area contributed by atoms with E-state index in [9.17, 15) is 4.79 Å². The third kappa shape index (κ3) is 4.18. The lowest BCUT2D eigenvalue weighted by Gasteiger charge is -2.17. The summed E-state index contributed by atoms with van der Waals surface area (Å²) in [6.45, 7) is 3.74. The smallest absolute Gasteiger partial charge is 0.234 e. The maximum atomic E-state index is 12.5. The van der Waals surface area contributed by atoms with Crippen LogP contribution >= 0.6 is 23.4 Å². The van der Waals surface area contributed by atoms with Gasteiger partial charge in [0.2, 0.25) is 5.91 Å². The molecule has 1 fully saturated rings. The van der Waals surface area contributed by atoms with Crippen LogP contribution in [0.3, 0.4) is 0 Å². The number of amides is 1. The highest BCUT2D eigenvalue weighted by atomic mass is 35.5. The topological polar surface area (TPSA) is 88.5 Å². The summed E-state index contributed by atoms with van der Waals surface area (Å²) < 4.78 is 2.17. The minimum absolute atomic E-state index is 0.0946. The normalized spacial score (nSPS) is 14.4. The van der Waals surface area contributed by atoms with Crippen molar-refractivity contribution in [2.75, 3.05) is 11.1 Å². The van der Waals surface area contributed by atoms with E-state index in [0.717, 1.165) is 46.5 Å². The number of nitrogens with zero attached hydrogens (tertiary/aromatic N) is 4. The van der Waals surface area contributed by atoms with Crippen LogP contribution in [0.25, 0.3) is 11.4 Å². The van der Waals surface area contributed by atoms with E-state index in [0.29, 0.717) is 11.1 Å². The number of H-pyrrole nitrogens is 1. The second-order valence-corrected chi connectivity index (χ2v) is 8.59. The third-order valence-corrected chi connectivity index (χ3v) is 6.47. The molecular formula is C20H23ClN6OS. The molecule has 152 valence electrons. The van der Waals surface area contributed by atoms with Gasteiger partial charge in [-0.25, -0.2) is 0 Å². The Morgan fingerprint density at radius 2 is 2.03 bits per heavy atom. The van der Waals surface area contributed by atoms with E-state index in [1.807, 2.05) is 38.1 Å². The first-order chi connectivity index (χ1) is 14.0. The van der Waals surface area contributed by atoms with Gasteiger partial charge in [0.05, 0.1) is 27.9 Å². The lowest BCUT2D eigenvalue weighted by molar-refractivity contribution is -0.113. The molecule has 0 atom stereocenters. The number of halogens is 1. The van der Waals surface area contributed by atoms with Crippen LogP contribution in [0.2, 0.25) is 5.02 Å². The molecule has 1 saturated carbocycles. The Kier molecular flexibility index (Phi) is 5.91. The second kappa shape index (κ2) is 8.59. The van der Waals surface area contributed by atoms with E-state index in [2.05, 4.69) is 30.3 Å². The Bertz CT molecular complexity index is 1000. The Balaban J connectivity index is 1.56. The highest BCUT2D eigenvalue weighted by Crippen LogP contribution is 2.38. The molecule has 1 aromatic carbocycles. The maximum absolute atomic E-state index is 12.5. The molecule has 4 rings (SSSR count). The van der Waals surface area contributed by atoms with Gasteiger partial charge in [0.1, 0.15) is 0 Å². The Hall–Kier alpha value is -2.32. The molecule has 1 amide bonds. The van der Waals surface area contributed by atoms with E-state index < -0.39 is 0 Å². The molecule has 3 aromatic rings. The first kappa shape index (κ1) is 20.0. The summed E-state index contributed by atoms with van der Waals surface area (Å²) in [6.07, 6.45) is 4.55. The monoisotopic (exact) mass is 430 g/mol. The van der Waals surface area contributed by atoms with Gasteiger partial charge in [-0.15, -0.1) is 10.2 Å². The van der Waals surface area contributed by atoms with E-state index in [1.165, 1.54) is 24.6 Å². The van der Waals surface area contributed by atoms with Crippen molar-refractivity contribution in [3.05, 3.63) is 40.7 Å². The van der Waals surface area contributed by atoms with Crippen molar-refractivity contribution in [2.45, 2.75) is 50.7 Å². The van der Waals surface area contributed by atoms with Gasteiger partial charge in [-0.2, -0.15) is 5.10 Å². The number of thioether (sulfide) groups is 1. The molecule has 0 bridgehead atoms. The molecule has 2 heterocycles. The van der Waals surface area contributed by atoms with Crippen LogP contribution in [0.4, 0.5) is 5.69 Å². The van der Waals surface area contributed by atoms with Crippen LogP contribution in [0.1, 0.15) is 43.1 Å². The van der Waals surface area contributed by atoms with Crippen molar-refractivity contribution in [1.82, 2.24) is 25.0 Å². The molecule has 7 nitrogen and oxygen atoms in total. The summed E-state index contributed by atoms with van der Waals surface area (Å²) in [4.78, 5) is 12.5. The van der Waals surface area contributed by atoms with Gasteiger partial charge in [-0.3, -0.25) is 14.5 Å². The number of hydrogen-bond acceptors (Lipinski definition) is 5. The highest BCUT2D eigenvalue weighted by Gasteiger charge is 2.26. The minimum atomic E-state index is -0.0946. The van der Waals surface area contributed by atoms with Gasteiger partial charge in [-0.05, 0) is 38.8 Å². The molecule has 0 aliphatic heterocycles. The van der Waals surface area contributed by atoms with Gasteiger partial charge in [0.15, 0.2) is 11.0 Å². The van der Waals surface area contributed by atoms with Crippen LogP contribution < -0.4 is 5.32 Å². The fourth-order valence-electron chi connectivity index (χ4n) is 3.73. The van der Waals surface area contributed by atoms with E-state index >= 15 is 0 Å². The molecular weight excluding hydrogens is 408 g/mol. The number of aromatic amines is 1. The summed E-state index contributed by atoms with van der Waals surface area (Å²) in [7, 11) is 0. The Morgan fingerprint density at radius 3 is 2.72 bits per heavy atom. The lowest BCUT2D eigenvalue weighted by Crippen LogP contribution is -2.16. The molecule has 2 aromatic heterocycles. The zero-order valence-electron chi connectivity index (χ0n) is 16.4. The van der Waals surface area contributed by atoms with Crippen LogP contribution in [0.5, 0.6) is 0 Å². The molecule has 9 heteroatoms. The fourth-order valence-corrected chi connectivity index (χ4v) is 4.76. The van der Waals surface area contributed by atoms with Gasteiger partial charge >= 0.3 is 0 Å². The van der Waals surface area contributed by atoms with Crippen molar-refractivity contribution in [3.8, 4) is 11.4 Å². The summed E-state index contributed by atoms with van der Waals surface area (Å²) in [6, 6.07) is 8.01. The molecule has 1 aliphatic rings. The Labute approximate surface area is 178 Å². The molecule has 0 unspecified atom stereocenters. The maximum Gasteiger partial charge on any atom is 0.234 e. The van der Waals surface area contributed by atoms with Crippen LogP contribution in [-0.2, 0) is 4.79 Å². The Morgan fingerprint density at radius 1 is 1.28 bits per heavy atom. The van der Waals surface area contributed by atoms with Crippen LogP contribution in [0.15, 0.2) is 29.4 Å². The summed E-state index contributed by atoms with van der Waals surface area (Å²) in [5.41, 5.74) is 3.23. The van der Waals surface area contributed by atoms with Crippen molar-refractivity contribution in [2.24, 2.45) is 0 Å². The zero-order valence-corrected chi connectivity index (χ0v) is 18.0. The number of hydrogen-bond donors (Lipinski definition) is 2. The van der Waals surface area contributed by atoms with Crippen LogP contribution in [0, 0.1) is 13.8 Å². The average molecular weight is 431 g/mol.